The van der Waals surface area contributed by atoms with Crippen LogP contribution in [-0.2, 0) is 4.74 Å². The molecule has 0 fully saturated rings. The molecule has 0 radical (unpaired) electrons. The third kappa shape index (κ3) is 12.0. The van der Waals surface area contributed by atoms with Crippen LogP contribution in [0.4, 0.5) is 0 Å². The molecule has 0 aromatic carbocycles. The molecule has 2 nitrogen and oxygen atoms in total. The molecule has 0 aliphatic carbocycles. The van der Waals surface area contributed by atoms with E-state index >= 15 is 0 Å². The first-order chi connectivity index (χ1) is 7.81. The molecule has 0 saturated heterocycles. The van der Waals surface area contributed by atoms with Crippen molar-refractivity contribution in [3.8, 4) is 0 Å². The van der Waals surface area contributed by atoms with E-state index in [1.54, 1.807) is 0 Å². The molecule has 0 aliphatic rings. The molecule has 0 rings (SSSR count). The minimum absolute atomic E-state index is 0.363. The van der Waals surface area contributed by atoms with E-state index in [-0.39, 0.29) is 0 Å². The zero-order valence-electron chi connectivity index (χ0n) is 11.6. The van der Waals surface area contributed by atoms with Crippen LogP contribution < -0.4 is 5.32 Å². The lowest BCUT2D eigenvalue weighted by Gasteiger charge is -2.13. The van der Waals surface area contributed by atoms with Crippen molar-refractivity contribution in [2.75, 3.05) is 19.7 Å². The van der Waals surface area contributed by atoms with E-state index < -0.39 is 0 Å². The highest BCUT2D eigenvalue weighted by atomic mass is 16.5. The summed E-state index contributed by atoms with van der Waals surface area (Å²) in [4.78, 5) is 0. The van der Waals surface area contributed by atoms with Crippen molar-refractivity contribution in [2.24, 2.45) is 0 Å². The second-order valence-corrected chi connectivity index (χ2v) is 4.65. The molecule has 0 aliphatic heterocycles. The maximum Gasteiger partial charge on any atom is 0.0671 e. The summed E-state index contributed by atoms with van der Waals surface area (Å²) in [5.41, 5.74) is 0. The molecule has 0 aromatic heterocycles. The molecule has 0 heterocycles. The lowest BCUT2D eigenvalue weighted by atomic mass is 10.1. The second kappa shape index (κ2) is 13.0. The lowest BCUT2D eigenvalue weighted by Crippen LogP contribution is -2.27. The van der Waals surface area contributed by atoms with Crippen molar-refractivity contribution in [1.29, 1.82) is 0 Å². The van der Waals surface area contributed by atoms with Crippen LogP contribution in [0.3, 0.4) is 0 Å². The van der Waals surface area contributed by atoms with Crippen molar-refractivity contribution in [2.45, 2.75) is 71.8 Å². The van der Waals surface area contributed by atoms with Crippen LogP contribution in [0.5, 0.6) is 0 Å². The predicted octanol–water partition coefficient (Wildman–Crippen LogP) is 3.75. The SMILES string of the molecule is CCCCCCCCOC(C)CNCCC. The summed E-state index contributed by atoms with van der Waals surface area (Å²) < 4.78 is 5.73. The highest BCUT2D eigenvalue weighted by molar-refractivity contribution is 4.54. The van der Waals surface area contributed by atoms with Gasteiger partial charge in [0.25, 0.3) is 0 Å². The van der Waals surface area contributed by atoms with E-state index in [4.69, 9.17) is 4.74 Å². The van der Waals surface area contributed by atoms with Gasteiger partial charge in [0.2, 0.25) is 0 Å². The monoisotopic (exact) mass is 229 g/mol. The Morgan fingerprint density at radius 3 is 2.31 bits per heavy atom. The van der Waals surface area contributed by atoms with Crippen molar-refractivity contribution in [1.82, 2.24) is 5.32 Å². The topological polar surface area (TPSA) is 21.3 Å². The fourth-order valence-electron chi connectivity index (χ4n) is 1.71. The summed E-state index contributed by atoms with van der Waals surface area (Å²) in [6.07, 6.45) is 9.60. The molecule has 98 valence electrons. The average Bonchev–Trinajstić information content (AvgIpc) is 2.28. The summed E-state index contributed by atoms with van der Waals surface area (Å²) in [6.45, 7) is 9.62. The van der Waals surface area contributed by atoms with E-state index in [1.165, 1.54) is 44.9 Å². The van der Waals surface area contributed by atoms with Crippen LogP contribution in [0.25, 0.3) is 0 Å². The number of unbranched alkanes of at least 4 members (excludes halogenated alkanes) is 5. The van der Waals surface area contributed by atoms with Crippen molar-refractivity contribution in [3.05, 3.63) is 0 Å². The molecule has 0 bridgehead atoms. The fraction of sp³-hybridized carbons (Fsp3) is 1.00. The summed E-state index contributed by atoms with van der Waals surface area (Å²) in [5, 5.41) is 3.38. The molecule has 0 aromatic rings. The second-order valence-electron chi connectivity index (χ2n) is 4.65. The van der Waals surface area contributed by atoms with Crippen LogP contribution in [0.15, 0.2) is 0 Å². The Hall–Kier alpha value is -0.0800. The smallest absolute Gasteiger partial charge is 0.0671 e. The number of hydrogen-bond acceptors (Lipinski definition) is 2. The summed E-state index contributed by atoms with van der Waals surface area (Å²) in [6, 6.07) is 0. The maximum absolute atomic E-state index is 5.73. The third-order valence-corrected chi connectivity index (χ3v) is 2.76. The van der Waals surface area contributed by atoms with Crippen molar-refractivity contribution < 1.29 is 4.74 Å². The minimum atomic E-state index is 0.363. The predicted molar refractivity (Wildman–Crippen MR) is 72.0 cm³/mol. The van der Waals surface area contributed by atoms with Gasteiger partial charge in [0.1, 0.15) is 0 Å². The largest absolute Gasteiger partial charge is 0.377 e. The fourth-order valence-corrected chi connectivity index (χ4v) is 1.71. The number of rotatable bonds is 12. The van der Waals surface area contributed by atoms with E-state index in [0.29, 0.717) is 6.10 Å². The van der Waals surface area contributed by atoms with Gasteiger partial charge in [-0.25, -0.2) is 0 Å². The van der Waals surface area contributed by atoms with Gasteiger partial charge < -0.3 is 10.1 Å². The van der Waals surface area contributed by atoms with Crippen LogP contribution in [0.2, 0.25) is 0 Å². The first-order valence-electron chi connectivity index (χ1n) is 7.13. The van der Waals surface area contributed by atoms with Crippen LogP contribution in [0, 0.1) is 0 Å². The molecule has 0 amide bonds. The van der Waals surface area contributed by atoms with Crippen LogP contribution >= 0.6 is 0 Å². The van der Waals surface area contributed by atoms with Crippen molar-refractivity contribution in [3.63, 3.8) is 0 Å². The van der Waals surface area contributed by atoms with Gasteiger partial charge in [-0.2, -0.15) is 0 Å². The summed E-state index contributed by atoms with van der Waals surface area (Å²) in [5.74, 6) is 0. The molecule has 0 spiro atoms. The average molecular weight is 229 g/mol. The van der Waals surface area contributed by atoms with Gasteiger partial charge in [-0.1, -0.05) is 46.0 Å². The normalized spacial score (nSPS) is 12.9. The number of nitrogens with one attached hydrogen (secondary N) is 1. The quantitative estimate of drug-likeness (QED) is 0.515. The van der Waals surface area contributed by atoms with E-state index in [2.05, 4.69) is 26.1 Å². The van der Waals surface area contributed by atoms with Gasteiger partial charge in [-0.15, -0.1) is 0 Å². The van der Waals surface area contributed by atoms with Crippen LogP contribution in [-0.4, -0.2) is 25.8 Å². The first kappa shape index (κ1) is 15.9. The first-order valence-corrected chi connectivity index (χ1v) is 7.13. The van der Waals surface area contributed by atoms with Gasteiger partial charge >= 0.3 is 0 Å². The Morgan fingerprint density at radius 2 is 1.62 bits per heavy atom. The van der Waals surface area contributed by atoms with Gasteiger partial charge in [0.15, 0.2) is 0 Å². The highest BCUT2D eigenvalue weighted by Gasteiger charge is 2.00. The van der Waals surface area contributed by atoms with E-state index in [1.807, 2.05) is 0 Å². The minimum Gasteiger partial charge on any atom is -0.377 e. The molecule has 1 N–H and O–H groups in total. The number of ether oxygens (including phenoxy) is 1. The maximum atomic E-state index is 5.73. The lowest BCUT2D eigenvalue weighted by molar-refractivity contribution is 0.0632. The third-order valence-electron chi connectivity index (χ3n) is 2.76. The van der Waals surface area contributed by atoms with Gasteiger partial charge in [-0.3, -0.25) is 0 Å². The van der Waals surface area contributed by atoms with Crippen molar-refractivity contribution >= 4 is 0 Å². The Labute approximate surface area is 102 Å². The molecular formula is C14H31NO. The molecule has 0 saturated carbocycles. The van der Waals surface area contributed by atoms with E-state index in [9.17, 15) is 0 Å². The van der Waals surface area contributed by atoms with Gasteiger partial charge in [-0.05, 0) is 26.3 Å². The number of hydrogen-bond donors (Lipinski definition) is 1. The Bertz CT molecular complexity index is 128. The molecule has 1 unspecified atom stereocenters. The molecular weight excluding hydrogens is 198 g/mol. The summed E-state index contributed by atoms with van der Waals surface area (Å²) >= 11 is 0. The summed E-state index contributed by atoms with van der Waals surface area (Å²) in [7, 11) is 0. The van der Waals surface area contributed by atoms with E-state index in [0.717, 1.165) is 19.7 Å². The standard InChI is InChI=1S/C14H31NO/c1-4-6-7-8-9-10-12-16-14(3)13-15-11-5-2/h14-15H,4-13H2,1-3H3. The Morgan fingerprint density at radius 1 is 0.938 bits per heavy atom. The Kier molecular flexibility index (Phi) is 12.9. The zero-order valence-corrected chi connectivity index (χ0v) is 11.6. The molecule has 1 atom stereocenters. The highest BCUT2D eigenvalue weighted by Crippen LogP contribution is 2.05. The molecule has 2 heteroatoms. The Balaban J connectivity index is 3.06. The molecule has 16 heavy (non-hydrogen) atoms. The zero-order chi connectivity index (χ0) is 12.1. The van der Waals surface area contributed by atoms with Gasteiger partial charge in [0.05, 0.1) is 6.10 Å². The van der Waals surface area contributed by atoms with Gasteiger partial charge in [0, 0.05) is 13.2 Å². The van der Waals surface area contributed by atoms with Crippen LogP contribution in [0.1, 0.15) is 65.7 Å².